The Morgan fingerprint density at radius 3 is 1.75 bits per heavy atom. The van der Waals surface area contributed by atoms with Crippen LogP contribution in [0.3, 0.4) is 0 Å². The number of methoxy groups -OCH3 is 5. The average Bonchev–Trinajstić information content (AvgIpc) is 2.74. The molecule has 0 saturated carbocycles. The smallest absolute Gasteiger partial charge is 0.258 e. The fraction of sp³-hybridized carbons (Fsp3) is 0.350. The zero-order chi connectivity index (χ0) is 20.5. The molecule has 1 amide bonds. The number of hydrogen-bond donors (Lipinski definition) is 1. The van der Waals surface area contributed by atoms with Crippen LogP contribution in [-0.4, -0.2) is 48.1 Å². The number of nitrogens with one attached hydrogen (secondary N) is 1. The Bertz CT molecular complexity index is 760. The lowest BCUT2D eigenvalue weighted by Gasteiger charge is -2.14. The monoisotopic (exact) mass is 391 g/mol. The molecule has 0 saturated heterocycles. The van der Waals surface area contributed by atoms with Gasteiger partial charge in [0.05, 0.1) is 35.5 Å². The van der Waals surface area contributed by atoms with Gasteiger partial charge < -0.3 is 33.7 Å². The van der Waals surface area contributed by atoms with Gasteiger partial charge in [-0.1, -0.05) is 0 Å². The predicted octanol–water partition coefficient (Wildman–Crippen LogP) is 2.42. The van der Waals surface area contributed by atoms with Gasteiger partial charge in [-0.15, -0.1) is 0 Å². The molecule has 2 aromatic rings. The Morgan fingerprint density at radius 1 is 0.750 bits per heavy atom. The van der Waals surface area contributed by atoms with Crippen molar-refractivity contribution in [1.29, 1.82) is 0 Å². The summed E-state index contributed by atoms with van der Waals surface area (Å²) in [6.07, 6.45) is 0. The molecule has 0 atom stereocenters. The van der Waals surface area contributed by atoms with Crippen LogP contribution in [0.15, 0.2) is 30.3 Å². The molecule has 0 bridgehead atoms. The third-order valence-electron chi connectivity index (χ3n) is 3.91. The van der Waals surface area contributed by atoms with Crippen LogP contribution in [0, 0.1) is 0 Å². The number of hydrogen-bond acceptors (Lipinski definition) is 7. The molecule has 1 N–H and O–H groups in total. The van der Waals surface area contributed by atoms with Crippen LogP contribution in [0.4, 0.5) is 0 Å². The molecule has 0 aliphatic heterocycles. The van der Waals surface area contributed by atoms with Gasteiger partial charge in [0.1, 0.15) is 17.2 Å². The highest BCUT2D eigenvalue weighted by molar-refractivity contribution is 5.77. The van der Waals surface area contributed by atoms with Gasteiger partial charge in [-0.05, 0) is 17.7 Å². The lowest BCUT2D eigenvalue weighted by Crippen LogP contribution is -2.28. The van der Waals surface area contributed by atoms with E-state index in [1.54, 1.807) is 44.6 Å². The van der Waals surface area contributed by atoms with Gasteiger partial charge in [0.25, 0.3) is 5.91 Å². The summed E-state index contributed by atoms with van der Waals surface area (Å²) in [5.41, 5.74) is 0.797. The van der Waals surface area contributed by atoms with Crippen molar-refractivity contribution in [3.8, 4) is 34.5 Å². The first-order valence-corrected chi connectivity index (χ1v) is 8.46. The molecule has 0 aliphatic carbocycles. The fourth-order valence-electron chi connectivity index (χ4n) is 2.50. The number of carbonyl (C=O) groups is 1. The number of benzene rings is 2. The Balaban J connectivity index is 1.97. The van der Waals surface area contributed by atoms with Crippen molar-refractivity contribution in [2.45, 2.75) is 6.54 Å². The SMILES string of the molecule is COc1cc(OC)cc(OCC(=O)NCc2cc(OC)c(OC)c(OC)c2)c1. The van der Waals surface area contributed by atoms with E-state index in [0.717, 1.165) is 5.56 Å². The third-order valence-corrected chi connectivity index (χ3v) is 3.91. The first-order chi connectivity index (χ1) is 13.5. The third kappa shape index (κ3) is 5.35. The maximum Gasteiger partial charge on any atom is 0.258 e. The summed E-state index contributed by atoms with van der Waals surface area (Å²) in [6, 6.07) is 8.62. The minimum absolute atomic E-state index is 0.152. The van der Waals surface area contributed by atoms with Crippen LogP contribution in [0.25, 0.3) is 0 Å². The van der Waals surface area contributed by atoms with Gasteiger partial charge in [0.15, 0.2) is 18.1 Å². The molecule has 152 valence electrons. The first kappa shape index (κ1) is 21.0. The lowest BCUT2D eigenvalue weighted by atomic mass is 10.1. The van der Waals surface area contributed by atoms with Crippen molar-refractivity contribution >= 4 is 5.91 Å². The number of amides is 1. The van der Waals surface area contributed by atoms with Crippen molar-refractivity contribution in [2.24, 2.45) is 0 Å². The molecular weight excluding hydrogens is 366 g/mol. The van der Waals surface area contributed by atoms with Gasteiger partial charge in [-0.3, -0.25) is 4.79 Å². The van der Waals surface area contributed by atoms with Crippen molar-refractivity contribution in [2.75, 3.05) is 42.2 Å². The van der Waals surface area contributed by atoms with E-state index in [1.807, 2.05) is 0 Å². The molecule has 28 heavy (non-hydrogen) atoms. The molecule has 0 spiro atoms. The topological polar surface area (TPSA) is 84.5 Å². The summed E-state index contributed by atoms with van der Waals surface area (Å²) < 4.78 is 31.8. The van der Waals surface area contributed by atoms with Crippen LogP contribution >= 0.6 is 0 Å². The zero-order valence-electron chi connectivity index (χ0n) is 16.7. The normalized spacial score (nSPS) is 10.0. The summed E-state index contributed by atoms with van der Waals surface area (Å²) in [5.74, 6) is 2.88. The maximum atomic E-state index is 12.1. The number of ether oxygens (including phenoxy) is 6. The molecule has 8 heteroatoms. The fourth-order valence-corrected chi connectivity index (χ4v) is 2.50. The van der Waals surface area contributed by atoms with E-state index in [4.69, 9.17) is 28.4 Å². The Hall–Kier alpha value is -3.29. The van der Waals surface area contributed by atoms with E-state index >= 15 is 0 Å². The van der Waals surface area contributed by atoms with Gasteiger partial charge in [-0.2, -0.15) is 0 Å². The average molecular weight is 391 g/mol. The molecule has 0 aliphatic rings. The molecular formula is C20H25NO7. The highest BCUT2D eigenvalue weighted by Gasteiger charge is 2.14. The summed E-state index contributed by atoms with van der Waals surface area (Å²) in [7, 11) is 7.70. The second-order valence-electron chi connectivity index (χ2n) is 5.65. The van der Waals surface area contributed by atoms with Crippen molar-refractivity contribution in [3.63, 3.8) is 0 Å². The quantitative estimate of drug-likeness (QED) is 0.666. The lowest BCUT2D eigenvalue weighted by molar-refractivity contribution is -0.123. The largest absolute Gasteiger partial charge is 0.496 e. The Labute approximate surface area is 164 Å². The van der Waals surface area contributed by atoms with E-state index in [9.17, 15) is 4.79 Å². The molecule has 0 unspecified atom stereocenters. The molecule has 2 rings (SSSR count). The van der Waals surface area contributed by atoms with Gasteiger partial charge in [0.2, 0.25) is 5.75 Å². The second-order valence-corrected chi connectivity index (χ2v) is 5.65. The van der Waals surface area contributed by atoms with Crippen LogP contribution in [0.1, 0.15) is 5.56 Å². The van der Waals surface area contributed by atoms with Gasteiger partial charge in [0, 0.05) is 24.7 Å². The first-order valence-electron chi connectivity index (χ1n) is 8.46. The summed E-state index contributed by atoms with van der Waals surface area (Å²) in [5, 5.41) is 2.79. The summed E-state index contributed by atoms with van der Waals surface area (Å²) in [4.78, 5) is 12.1. The van der Waals surface area contributed by atoms with Crippen molar-refractivity contribution in [3.05, 3.63) is 35.9 Å². The number of carbonyl (C=O) groups excluding carboxylic acids is 1. The molecule has 8 nitrogen and oxygen atoms in total. The van der Waals surface area contributed by atoms with Crippen molar-refractivity contribution in [1.82, 2.24) is 5.32 Å². The zero-order valence-corrected chi connectivity index (χ0v) is 16.7. The van der Waals surface area contributed by atoms with E-state index in [2.05, 4.69) is 5.32 Å². The van der Waals surface area contributed by atoms with Crippen LogP contribution < -0.4 is 33.7 Å². The highest BCUT2D eigenvalue weighted by Crippen LogP contribution is 2.38. The Kier molecular flexibility index (Phi) is 7.62. The molecule has 0 heterocycles. The summed E-state index contributed by atoms with van der Waals surface area (Å²) >= 11 is 0. The van der Waals surface area contributed by atoms with E-state index < -0.39 is 0 Å². The van der Waals surface area contributed by atoms with Crippen molar-refractivity contribution < 1.29 is 33.2 Å². The van der Waals surface area contributed by atoms with Crippen LogP contribution in [0.2, 0.25) is 0 Å². The minimum atomic E-state index is -0.282. The summed E-state index contributed by atoms with van der Waals surface area (Å²) in [6.45, 7) is 0.126. The molecule has 0 aromatic heterocycles. The number of rotatable bonds is 10. The van der Waals surface area contributed by atoms with Crippen LogP contribution in [-0.2, 0) is 11.3 Å². The standard InChI is InChI=1S/C20H25NO7/c1-23-14-8-15(24-2)10-16(9-14)28-12-19(22)21-11-13-6-17(25-3)20(27-5)18(7-13)26-4/h6-10H,11-12H2,1-5H3,(H,21,22). The molecule has 2 aromatic carbocycles. The predicted molar refractivity (Wildman–Crippen MR) is 103 cm³/mol. The Morgan fingerprint density at radius 2 is 1.29 bits per heavy atom. The highest BCUT2D eigenvalue weighted by atomic mass is 16.5. The van der Waals surface area contributed by atoms with Gasteiger partial charge >= 0.3 is 0 Å². The molecule has 0 radical (unpaired) electrons. The van der Waals surface area contributed by atoms with Crippen LogP contribution in [0.5, 0.6) is 34.5 Å². The van der Waals surface area contributed by atoms with E-state index in [1.165, 1.54) is 21.3 Å². The van der Waals surface area contributed by atoms with Gasteiger partial charge in [-0.25, -0.2) is 0 Å². The van der Waals surface area contributed by atoms with E-state index in [-0.39, 0.29) is 19.1 Å². The maximum absolute atomic E-state index is 12.1. The minimum Gasteiger partial charge on any atom is -0.496 e. The van der Waals surface area contributed by atoms with E-state index in [0.29, 0.717) is 34.5 Å². The molecule has 0 fully saturated rings. The second kappa shape index (κ2) is 10.1.